The minimum absolute atomic E-state index is 0.0761. The number of nitrogens with one attached hydrogen (secondary N) is 1. The second-order valence-corrected chi connectivity index (χ2v) is 7.74. The molecule has 3 aromatic rings. The largest absolute Gasteiger partial charge is 0.464 e. The number of furan rings is 1. The summed E-state index contributed by atoms with van der Waals surface area (Å²) in [5.41, 5.74) is 4.69. The van der Waals surface area contributed by atoms with E-state index in [1.165, 1.54) is 11.1 Å². The van der Waals surface area contributed by atoms with Crippen molar-refractivity contribution in [1.29, 1.82) is 0 Å². The molecule has 0 unspecified atom stereocenters. The summed E-state index contributed by atoms with van der Waals surface area (Å²) >= 11 is 0. The molecule has 1 aliphatic rings. The van der Waals surface area contributed by atoms with Gasteiger partial charge in [0.05, 0.1) is 18.2 Å². The van der Waals surface area contributed by atoms with Gasteiger partial charge in [-0.15, -0.1) is 0 Å². The molecule has 2 aromatic heterocycles. The number of fused-ring (bicyclic) bond motifs is 1. The fourth-order valence-corrected chi connectivity index (χ4v) is 3.79. The predicted octanol–water partition coefficient (Wildman–Crippen LogP) is 3.41. The molecule has 1 aliphatic heterocycles. The number of rotatable bonds is 4. The maximum Gasteiger partial charge on any atom is 0.253 e. The van der Waals surface area contributed by atoms with Crippen molar-refractivity contribution < 1.29 is 14.0 Å². The van der Waals surface area contributed by atoms with Gasteiger partial charge in [0.25, 0.3) is 5.91 Å². The number of benzene rings is 1. The number of hydrogen-bond acceptors (Lipinski definition) is 4. The molecule has 29 heavy (non-hydrogen) atoms. The molecule has 2 amide bonds. The summed E-state index contributed by atoms with van der Waals surface area (Å²) in [6.07, 6.45) is 6.74. The predicted molar refractivity (Wildman–Crippen MR) is 111 cm³/mol. The lowest BCUT2D eigenvalue weighted by Crippen LogP contribution is -2.47. The summed E-state index contributed by atoms with van der Waals surface area (Å²) in [6.45, 7) is 5.41. The van der Waals surface area contributed by atoms with Crippen LogP contribution < -0.4 is 5.32 Å². The number of aromatic nitrogens is 1. The van der Waals surface area contributed by atoms with E-state index in [1.807, 2.05) is 11.0 Å². The average molecular weight is 391 g/mol. The molecule has 0 aliphatic carbocycles. The number of hydrogen-bond donors (Lipinski definition) is 1. The van der Waals surface area contributed by atoms with E-state index < -0.39 is 0 Å². The molecule has 4 rings (SSSR count). The van der Waals surface area contributed by atoms with Crippen molar-refractivity contribution in [3.8, 4) is 0 Å². The average Bonchev–Trinajstić information content (AvgIpc) is 3.11. The molecule has 1 fully saturated rings. The van der Waals surface area contributed by atoms with Crippen LogP contribution in [0.15, 0.2) is 47.3 Å². The third-order valence-corrected chi connectivity index (χ3v) is 5.72. The summed E-state index contributed by atoms with van der Waals surface area (Å²) in [7, 11) is 0. The van der Waals surface area contributed by atoms with Gasteiger partial charge in [0.15, 0.2) is 0 Å². The van der Waals surface area contributed by atoms with Crippen LogP contribution in [0.5, 0.6) is 0 Å². The summed E-state index contributed by atoms with van der Waals surface area (Å²) in [5, 5.41) is 4.06. The molecule has 1 aromatic carbocycles. The number of nitrogens with zero attached hydrogens (tertiary/aromatic N) is 2. The van der Waals surface area contributed by atoms with E-state index in [9.17, 15) is 9.59 Å². The Bertz CT molecular complexity index is 1030. The van der Waals surface area contributed by atoms with Gasteiger partial charge in [-0.05, 0) is 62.1 Å². The summed E-state index contributed by atoms with van der Waals surface area (Å²) in [4.78, 5) is 30.9. The van der Waals surface area contributed by atoms with Crippen LogP contribution >= 0.6 is 0 Å². The van der Waals surface area contributed by atoms with Crippen LogP contribution in [0.1, 0.15) is 39.9 Å². The maximum absolute atomic E-state index is 12.8. The van der Waals surface area contributed by atoms with E-state index in [0.717, 1.165) is 29.4 Å². The first-order valence-corrected chi connectivity index (χ1v) is 9.97. The van der Waals surface area contributed by atoms with Gasteiger partial charge >= 0.3 is 0 Å². The number of piperidine rings is 1. The molecular weight excluding hydrogens is 366 g/mol. The van der Waals surface area contributed by atoms with E-state index in [-0.39, 0.29) is 17.9 Å². The first-order chi connectivity index (χ1) is 14.0. The highest BCUT2D eigenvalue weighted by atomic mass is 16.3. The maximum atomic E-state index is 12.8. The van der Waals surface area contributed by atoms with Gasteiger partial charge in [0, 0.05) is 42.5 Å². The van der Waals surface area contributed by atoms with E-state index in [2.05, 4.69) is 30.2 Å². The lowest BCUT2D eigenvalue weighted by molar-refractivity contribution is -0.131. The number of likely N-dealkylation sites (tertiary alicyclic amines) is 1. The Balaban J connectivity index is 1.34. The molecule has 0 spiro atoms. The molecule has 150 valence electrons. The standard InChI is InChI=1S/C23H25N3O3/c1-15-10-20-18(14-29-21(20)11-16(15)2)12-22(27)26-8-5-19(6-9-26)25-23(28)17-4-3-7-24-13-17/h3-4,7,10-11,13-14,19H,5-6,8-9,12H2,1-2H3,(H,25,28). The first kappa shape index (κ1) is 19.2. The summed E-state index contributed by atoms with van der Waals surface area (Å²) < 4.78 is 5.65. The zero-order valence-electron chi connectivity index (χ0n) is 16.8. The topological polar surface area (TPSA) is 75.4 Å². The van der Waals surface area contributed by atoms with Gasteiger partial charge in [-0.25, -0.2) is 0 Å². The Hall–Kier alpha value is -3.15. The molecule has 0 atom stereocenters. The molecule has 0 radical (unpaired) electrons. The van der Waals surface area contributed by atoms with Crippen molar-refractivity contribution in [1.82, 2.24) is 15.2 Å². The Morgan fingerprint density at radius 1 is 1.21 bits per heavy atom. The van der Waals surface area contributed by atoms with Crippen molar-refractivity contribution in [3.63, 3.8) is 0 Å². The van der Waals surface area contributed by atoms with Gasteiger partial charge < -0.3 is 14.6 Å². The zero-order chi connectivity index (χ0) is 20.4. The molecule has 1 N–H and O–H groups in total. The first-order valence-electron chi connectivity index (χ1n) is 9.97. The normalized spacial score (nSPS) is 14.9. The van der Waals surface area contributed by atoms with Gasteiger partial charge in [-0.2, -0.15) is 0 Å². The van der Waals surface area contributed by atoms with Crippen LogP contribution in [-0.4, -0.2) is 40.8 Å². The molecule has 6 nitrogen and oxygen atoms in total. The second-order valence-electron chi connectivity index (χ2n) is 7.74. The van der Waals surface area contributed by atoms with E-state index in [0.29, 0.717) is 25.1 Å². The van der Waals surface area contributed by atoms with E-state index in [1.54, 1.807) is 30.8 Å². The number of carbonyl (C=O) groups excluding carboxylic acids is 2. The number of carbonyl (C=O) groups is 2. The third-order valence-electron chi connectivity index (χ3n) is 5.72. The fraction of sp³-hybridized carbons (Fsp3) is 0.348. The molecule has 3 heterocycles. The van der Waals surface area contributed by atoms with Crippen LogP contribution in [0.3, 0.4) is 0 Å². The highest BCUT2D eigenvalue weighted by Crippen LogP contribution is 2.26. The SMILES string of the molecule is Cc1cc2occ(CC(=O)N3CCC(NC(=O)c4cccnc4)CC3)c2cc1C. The smallest absolute Gasteiger partial charge is 0.253 e. The second kappa shape index (κ2) is 8.07. The number of pyridine rings is 1. The molecule has 0 saturated carbocycles. The Morgan fingerprint density at radius 2 is 1.97 bits per heavy atom. The number of aryl methyl sites for hydroxylation is 2. The Morgan fingerprint density at radius 3 is 2.69 bits per heavy atom. The van der Waals surface area contributed by atoms with Gasteiger partial charge in [0.1, 0.15) is 5.58 Å². The third kappa shape index (κ3) is 4.16. The van der Waals surface area contributed by atoms with Crippen LogP contribution in [0, 0.1) is 13.8 Å². The summed E-state index contributed by atoms with van der Waals surface area (Å²) in [6, 6.07) is 7.69. The monoisotopic (exact) mass is 391 g/mol. The molecule has 6 heteroatoms. The summed E-state index contributed by atoms with van der Waals surface area (Å²) in [5.74, 6) is -0.0126. The van der Waals surface area contributed by atoms with E-state index >= 15 is 0 Å². The van der Waals surface area contributed by atoms with Gasteiger partial charge in [-0.3, -0.25) is 14.6 Å². The fourth-order valence-electron chi connectivity index (χ4n) is 3.79. The molecular formula is C23H25N3O3. The van der Waals surface area contributed by atoms with Gasteiger partial charge in [-0.1, -0.05) is 0 Å². The highest BCUT2D eigenvalue weighted by molar-refractivity contribution is 5.94. The highest BCUT2D eigenvalue weighted by Gasteiger charge is 2.25. The lowest BCUT2D eigenvalue weighted by Gasteiger charge is -2.32. The van der Waals surface area contributed by atoms with Crippen molar-refractivity contribution in [3.05, 3.63) is 65.2 Å². The lowest BCUT2D eigenvalue weighted by atomic mass is 10.0. The minimum Gasteiger partial charge on any atom is -0.464 e. The quantitative estimate of drug-likeness (QED) is 0.740. The number of amides is 2. The van der Waals surface area contributed by atoms with Crippen molar-refractivity contribution in [2.75, 3.05) is 13.1 Å². The Kier molecular flexibility index (Phi) is 5.34. The van der Waals surface area contributed by atoms with Crippen molar-refractivity contribution in [2.24, 2.45) is 0 Å². The zero-order valence-corrected chi connectivity index (χ0v) is 16.8. The van der Waals surface area contributed by atoms with Crippen LogP contribution in [0.2, 0.25) is 0 Å². The van der Waals surface area contributed by atoms with Crippen LogP contribution in [0.25, 0.3) is 11.0 Å². The van der Waals surface area contributed by atoms with Gasteiger partial charge in [0.2, 0.25) is 5.91 Å². The van der Waals surface area contributed by atoms with Crippen molar-refractivity contribution >= 4 is 22.8 Å². The van der Waals surface area contributed by atoms with Crippen LogP contribution in [-0.2, 0) is 11.2 Å². The van der Waals surface area contributed by atoms with Crippen molar-refractivity contribution in [2.45, 2.75) is 39.2 Å². The van der Waals surface area contributed by atoms with Crippen LogP contribution in [0.4, 0.5) is 0 Å². The minimum atomic E-state index is -0.113. The van der Waals surface area contributed by atoms with E-state index in [4.69, 9.17) is 4.42 Å². The molecule has 1 saturated heterocycles. The Labute approximate surface area is 169 Å². The molecule has 0 bridgehead atoms.